The SMILES string of the molecule is CCOC(=O)CSCC1(O)CCC(C(=O)OCC)CC1. The Labute approximate surface area is 124 Å². The van der Waals surface area contributed by atoms with Gasteiger partial charge in [-0.1, -0.05) is 0 Å². The summed E-state index contributed by atoms with van der Waals surface area (Å²) in [5.74, 6) is 0.263. The van der Waals surface area contributed by atoms with Crippen molar-refractivity contribution in [1.29, 1.82) is 0 Å². The summed E-state index contributed by atoms with van der Waals surface area (Å²) >= 11 is 1.39. The van der Waals surface area contributed by atoms with Crippen LogP contribution in [0.3, 0.4) is 0 Å². The Bertz CT molecular complexity index is 318. The lowest BCUT2D eigenvalue weighted by atomic mass is 9.80. The Kier molecular flexibility index (Phi) is 7.37. The summed E-state index contributed by atoms with van der Waals surface area (Å²) in [5.41, 5.74) is -0.778. The van der Waals surface area contributed by atoms with Crippen molar-refractivity contribution >= 4 is 23.7 Å². The van der Waals surface area contributed by atoms with Gasteiger partial charge in [-0.3, -0.25) is 9.59 Å². The quantitative estimate of drug-likeness (QED) is 0.723. The van der Waals surface area contributed by atoms with Crippen LogP contribution >= 0.6 is 11.8 Å². The van der Waals surface area contributed by atoms with Crippen molar-refractivity contribution in [1.82, 2.24) is 0 Å². The maximum absolute atomic E-state index is 11.6. The van der Waals surface area contributed by atoms with Gasteiger partial charge in [-0.2, -0.15) is 0 Å². The summed E-state index contributed by atoms with van der Waals surface area (Å²) in [6.45, 7) is 4.34. The van der Waals surface area contributed by atoms with Crippen molar-refractivity contribution in [3.05, 3.63) is 0 Å². The van der Waals surface area contributed by atoms with E-state index in [1.54, 1.807) is 13.8 Å². The van der Waals surface area contributed by atoms with Gasteiger partial charge in [0.1, 0.15) is 0 Å². The van der Waals surface area contributed by atoms with Gasteiger partial charge in [-0.05, 0) is 39.5 Å². The second-order valence-electron chi connectivity index (χ2n) is 5.05. The smallest absolute Gasteiger partial charge is 0.315 e. The van der Waals surface area contributed by atoms with Gasteiger partial charge in [-0.25, -0.2) is 0 Å². The number of esters is 2. The monoisotopic (exact) mass is 304 g/mol. The first kappa shape index (κ1) is 17.3. The van der Waals surface area contributed by atoms with Crippen LogP contribution in [0, 0.1) is 5.92 Å². The molecule has 116 valence electrons. The topological polar surface area (TPSA) is 72.8 Å². The first-order chi connectivity index (χ1) is 9.50. The zero-order valence-electron chi connectivity index (χ0n) is 12.2. The highest BCUT2D eigenvalue weighted by molar-refractivity contribution is 8.00. The maximum atomic E-state index is 11.6. The van der Waals surface area contributed by atoms with E-state index in [0.717, 1.165) is 0 Å². The van der Waals surface area contributed by atoms with Crippen LogP contribution in [-0.2, 0) is 19.1 Å². The lowest BCUT2D eigenvalue weighted by Crippen LogP contribution is -2.39. The number of carbonyl (C=O) groups is 2. The molecule has 0 aliphatic heterocycles. The molecule has 1 rings (SSSR count). The van der Waals surface area contributed by atoms with Crippen LogP contribution < -0.4 is 0 Å². The molecule has 20 heavy (non-hydrogen) atoms. The van der Waals surface area contributed by atoms with E-state index in [0.29, 0.717) is 44.6 Å². The van der Waals surface area contributed by atoms with E-state index in [4.69, 9.17) is 9.47 Å². The van der Waals surface area contributed by atoms with Gasteiger partial charge < -0.3 is 14.6 Å². The molecule has 0 saturated heterocycles. The Hall–Kier alpha value is -0.750. The predicted molar refractivity (Wildman–Crippen MR) is 77.5 cm³/mol. The summed E-state index contributed by atoms with van der Waals surface area (Å²) < 4.78 is 9.84. The van der Waals surface area contributed by atoms with E-state index < -0.39 is 5.60 Å². The Morgan fingerprint density at radius 1 is 1.20 bits per heavy atom. The molecule has 1 aliphatic carbocycles. The van der Waals surface area contributed by atoms with E-state index in [1.807, 2.05) is 0 Å². The van der Waals surface area contributed by atoms with Gasteiger partial charge in [0.15, 0.2) is 0 Å². The van der Waals surface area contributed by atoms with Crippen molar-refractivity contribution in [3.63, 3.8) is 0 Å². The van der Waals surface area contributed by atoms with Gasteiger partial charge in [0.2, 0.25) is 0 Å². The van der Waals surface area contributed by atoms with Crippen molar-refractivity contribution < 1.29 is 24.2 Å². The third-order valence-corrected chi connectivity index (χ3v) is 4.61. The fourth-order valence-corrected chi connectivity index (χ4v) is 3.34. The zero-order chi connectivity index (χ0) is 15.0. The lowest BCUT2D eigenvalue weighted by Gasteiger charge is -2.34. The molecular weight excluding hydrogens is 280 g/mol. The molecule has 0 aromatic heterocycles. The molecule has 0 radical (unpaired) electrons. The first-order valence-electron chi connectivity index (χ1n) is 7.13. The average molecular weight is 304 g/mol. The number of rotatable bonds is 7. The molecule has 1 saturated carbocycles. The number of hydrogen-bond acceptors (Lipinski definition) is 6. The molecule has 1 fully saturated rings. The molecular formula is C14H24O5S. The van der Waals surface area contributed by atoms with Gasteiger partial charge in [0, 0.05) is 5.75 Å². The molecule has 0 atom stereocenters. The summed E-state index contributed by atoms with van der Waals surface area (Å²) in [5, 5.41) is 10.4. The molecule has 6 heteroatoms. The average Bonchev–Trinajstić information content (AvgIpc) is 2.40. The number of hydrogen-bond donors (Lipinski definition) is 1. The van der Waals surface area contributed by atoms with Gasteiger partial charge in [0.05, 0.1) is 30.5 Å². The van der Waals surface area contributed by atoms with Crippen LogP contribution in [0.2, 0.25) is 0 Å². The fraction of sp³-hybridized carbons (Fsp3) is 0.857. The minimum atomic E-state index is -0.778. The first-order valence-corrected chi connectivity index (χ1v) is 8.28. The minimum Gasteiger partial charge on any atom is -0.466 e. The normalized spacial score (nSPS) is 26.1. The van der Waals surface area contributed by atoms with Crippen molar-refractivity contribution in [2.24, 2.45) is 5.92 Å². The maximum Gasteiger partial charge on any atom is 0.315 e. The summed E-state index contributed by atoms with van der Waals surface area (Å²) in [6.07, 6.45) is 2.45. The third kappa shape index (κ3) is 5.71. The van der Waals surface area contributed by atoms with Crippen LogP contribution in [0.4, 0.5) is 0 Å². The van der Waals surface area contributed by atoms with Gasteiger partial charge in [-0.15, -0.1) is 11.8 Å². The van der Waals surface area contributed by atoms with E-state index in [2.05, 4.69) is 0 Å². The number of ether oxygens (including phenoxy) is 2. The molecule has 1 aliphatic rings. The van der Waals surface area contributed by atoms with Crippen molar-refractivity contribution in [2.75, 3.05) is 24.7 Å². The summed E-state index contributed by atoms with van der Waals surface area (Å²) in [4.78, 5) is 22.8. The Morgan fingerprint density at radius 2 is 1.80 bits per heavy atom. The Morgan fingerprint density at radius 3 is 2.35 bits per heavy atom. The molecule has 0 aromatic rings. The lowest BCUT2D eigenvalue weighted by molar-refractivity contribution is -0.150. The molecule has 0 heterocycles. The molecule has 0 spiro atoms. The van der Waals surface area contributed by atoms with Crippen LogP contribution in [0.15, 0.2) is 0 Å². The molecule has 0 aromatic carbocycles. The number of thioether (sulfide) groups is 1. The largest absolute Gasteiger partial charge is 0.466 e. The predicted octanol–water partition coefficient (Wildman–Crippen LogP) is 1.77. The number of carbonyl (C=O) groups excluding carboxylic acids is 2. The van der Waals surface area contributed by atoms with E-state index in [9.17, 15) is 14.7 Å². The highest BCUT2D eigenvalue weighted by atomic mass is 32.2. The van der Waals surface area contributed by atoms with Crippen LogP contribution in [0.25, 0.3) is 0 Å². The second kappa shape index (κ2) is 8.52. The highest BCUT2D eigenvalue weighted by Crippen LogP contribution is 2.35. The molecule has 1 N–H and O–H groups in total. The van der Waals surface area contributed by atoms with Crippen LogP contribution in [0.5, 0.6) is 0 Å². The standard InChI is InChI=1S/C14H24O5S/c1-3-18-12(15)9-20-10-14(17)7-5-11(6-8-14)13(16)19-4-2/h11,17H,3-10H2,1-2H3. The molecule has 0 bridgehead atoms. The number of aliphatic hydroxyl groups is 1. The molecule has 0 amide bonds. The van der Waals surface area contributed by atoms with Gasteiger partial charge in [0.25, 0.3) is 0 Å². The molecule has 0 unspecified atom stereocenters. The van der Waals surface area contributed by atoms with E-state index >= 15 is 0 Å². The third-order valence-electron chi connectivity index (χ3n) is 3.43. The fourth-order valence-electron chi connectivity index (χ4n) is 2.32. The van der Waals surface area contributed by atoms with Crippen LogP contribution in [0.1, 0.15) is 39.5 Å². The van der Waals surface area contributed by atoms with Crippen LogP contribution in [-0.4, -0.2) is 47.4 Å². The zero-order valence-corrected chi connectivity index (χ0v) is 13.0. The van der Waals surface area contributed by atoms with Crippen molar-refractivity contribution in [2.45, 2.75) is 45.1 Å². The van der Waals surface area contributed by atoms with E-state index in [-0.39, 0.29) is 23.6 Å². The van der Waals surface area contributed by atoms with Gasteiger partial charge >= 0.3 is 11.9 Å². The van der Waals surface area contributed by atoms with Crippen molar-refractivity contribution in [3.8, 4) is 0 Å². The Balaban J connectivity index is 2.28. The molecule has 5 nitrogen and oxygen atoms in total. The van der Waals surface area contributed by atoms with E-state index in [1.165, 1.54) is 11.8 Å². The minimum absolute atomic E-state index is 0.0923. The summed E-state index contributed by atoms with van der Waals surface area (Å²) in [6, 6.07) is 0. The second-order valence-corrected chi connectivity index (χ2v) is 6.03. The highest BCUT2D eigenvalue weighted by Gasteiger charge is 2.36. The summed E-state index contributed by atoms with van der Waals surface area (Å²) in [7, 11) is 0.